The van der Waals surface area contributed by atoms with Gasteiger partial charge >= 0.3 is 5.97 Å². The monoisotopic (exact) mass is 394 g/mol. The summed E-state index contributed by atoms with van der Waals surface area (Å²) in [5.41, 5.74) is 2.60. The fourth-order valence-electron chi connectivity index (χ4n) is 3.04. The van der Waals surface area contributed by atoms with Crippen molar-refractivity contribution in [1.29, 1.82) is 0 Å². The van der Waals surface area contributed by atoms with E-state index >= 15 is 0 Å². The average molecular weight is 394 g/mol. The first-order valence-electron chi connectivity index (χ1n) is 9.49. The second kappa shape index (κ2) is 8.49. The molecule has 3 aromatic rings. The molecule has 6 heteroatoms. The number of hydrogen-bond donors (Lipinski definition) is 2. The highest BCUT2D eigenvalue weighted by Gasteiger charge is 2.30. The Labute approximate surface area is 170 Å². The van der Waals surface area contributed by atoms with Crippen LogP contribution in [0, 0.1) is 13.8 Å². The van der Waals surface area contributed by atoms with Crippen molar-refractivity contribution < 1.29 is 19.1 Å². The molecular formula is C23H26N2O4. The molecule has 2 aromatic carbocycles. The second-order valence-corrected chi connectivity index (χ2v) is 7.56. The summed E-state index contributed by atoms with van der Waals surface area (Å²) in [6, 6.07) is 13.9. The fourth-order valence-corrected chi connectivity index (χ4v) is 3.04. The van der Waals surface area contributed by atoms with Crippen LogP contribution in [-0.2, 0) is 17.9 Å². The van der Waals surface area contributed by atoms with Gasteiger partial charge < -0.3 is 19.6 Å². The van der Waals surface area contributed by atoms with Crippen molar-refractivity contribution in [3.05, 3.63) is 71.2 Å². The number of nitrogens with zero attached hydrogens (tertiary/aromatic N) is 1. The molecule has 0 spiro atoms. The van der Waals surface area contributed by atoms with Crippen LogP contribution in [0.3, 0.4) is 0 Å². The van der Waals surface area contributed by atoms with Crippen molar-refractivity contribution >= 4 is 5.97 Å². The topological polar surface area (TPSA) is 84.6 Å². The molecular weight excluding hydrogens is 368 g/mol. The second-order valence-electron chi connectivity index (χ2n) is 7.56. The van der Waals surface area contributed by atoms with Gasteiger partial charge in [-0.2, -0.15) is 0 Å². The Balaban J connectivity index is 1.62. The number of aliphatic carboxylic acids is 1. The SMILES string of the molecule is Cc1cc(CNCc2ncc(-c3ccccc3)o2)cc(C)c1OC(C)(C)C(=O)O. The van der Waals surface area contributed by atoms with Gasteiger partial charge in [-0.15, -0.1) is 0 Å². The average Bonchev–Trinajstić information content (AvgIpc) is 3.14. The van der Waals surface area contributed by atoms with Crippen molar-refractivity contribution in [2.24, 2.45) is 0 Å². The molecule has 0 fully saturated rings. The third-order valence-corrected chi connectivity index (χ3v) is 4.61. The highest BCUT2D eigenvalue weighted by Crippen LogP contribution is 2.29. The van der Waals surface area contributed by atoms with Crippen molar-refractivity contribution in [3.63, 3.8) is 0 Å². The lowest BCUT2D eigenvalue weighted by Gasteiger charge is -2.24. The third kappa shape index (κ3) is 5.03. The van der Waals surface area contributed by atoms with Crippen molar-refractivity contribution in [2.75, 3.05) is 0 Å². The Hall–Kier alpha value is -3.12. The summed E-state index contributed by atoms with van der Waals surface area (Å²) in [6.07, 6.45) is 1.73. The lowest BCUT2D eigenvalue weighted by Crippen LogP contribution is -2.38. The third-order valence-electron chi connectivity index (χ3n) is 4.61. The lowest BCUT2D eigenvalue weighted by atomic mass is 10.0. The summed E-state index contributed by atoms with van der Waals surface area (Å²) in [6.45, 7) is 8.07. The molecule has 3 rings (SSSR count). The minimum absolute atomic E-state index is 0.509. The highest BCUT2D eigenvalue weighted by molar-refractivity contribution is 5.77. The number of benzene rings is 2. The minimum Gasteiger partial charge on any atom is -0.478 e. The standard InChI is InChI=1S/C23H26N2O4/c1-15-10-17(11-16(2)21(15)29-23(3,4)22(26)27)12-24-14-20-25-13-19(28-20)18-8-6-5-7-9-18/h5-11,13,24H,12,14H2,1-4H3,(H,26,27). The maximum Gasteiger partial charge on any atom is 0.347 e. The van der Waals surface area contributed by atoms with Crippen LogP contribution in [0.1, 0.15) is 36.4 Å². The number of nitrogens with one attached hydrogen (secondary N) is 1. The van der Waals surface area contributed by atoms with E-state index in [-0.39, 0.29) is 0 Å². The van der Waals surface area contributed by atoms with Gasteiger partial charge in [0.25, 0.3) is 0 Å². The molecule has 1 aromatic heterocycles. The summed E-state index contributed by atoms with van der Waals surface area (Å²) in [4.78, 5) is 15.7. The summed E-state index contributed by atoms with van der Waals surface area (Å²) >= 11 is 0. The fraction of sp³-hybridized carbons (Fsp3) is 0.304. The van der Waals surface area contributed by atoms with Gasteiger partial charge in [-0.25, -0.2) is 9.78 Å². The quantitative estimate of drug-likeness (QED) is 0.586. The molecule has 0 radical (unpaired) electrons. The number of carboxylic acid groups (broad SMARTS) is 1. The van der Waals surface area contributed by atoms with Gasteiger partial charge in [0.15, 0.2) is 11.4 Å². The molecule has 29 heavy (non-hydrogen) atoms. The van der Waals surface area contributed by atoms with Gasteiger partial charge in [0.2, 0.25) is 5.89 Å². The van der Waals surface area contributed by atoms with Gasteiger partial charge in [0, 0.05) is 12.1 Å². The van der Waals surface area contributed by atoms with E-state index in [1.165, 1.54) is 0 Å². The van der Waals surface area contributed by atoms with Gasteiger partial charge in [-0.3, -0.25) is 0 Å². The first-order valence-corrected chi connectivity index (χ1v) is 9.49. The van der Waals surface area contributed by atoms with Crippen LogP contribution < -0.4 is 10.1 Å². The van der Waals surface area contributed by atoms with E-state index in [1.54, 1.807) is 20.0 Å². The number of aryl methyl sites for hydroxylation is 2. The van der Waals surface area contributed by atoms with Crippen LogP contribution in [-0.4, -0.2) is 21.7 Å². The van der Waals surface area contributed by atoms with E-state index in [9.17, 15) is 9.90 Å². The van der Waals surface area contributed by atoms with Crippen LogP contribution in [0.4, 0.5) is 0 Å². The van der Waals surface area contributed by atoms with Crippen molar-refractivity contribution in [1.82, 2.24) is 10.3 Å². The van der Waals surface area contributed by atoms with Gasteiger partial charge in [0.1, 0.15) is 5.75 Å². The number of aromatic nitrogens is 1. The zero-order chi connectivity index (χ0) is 21.0. The summed E-state index contributed by atoms with van der Waals surface area (Å²) < 4.78 is 11.6. The number of carbonyl (C=O) groups is 1. The molecule has 0 unspecified atom stereocenters. The molecule has 0 aliphatic carbocycles. The number of rotatable bonds is 8. The molecule has 1 heterocycles. The first kappa shape index (κ1) is 20.6. The highest BCUT2D eigenvalue weighted by atomic mass is 16.5. The molecule has 0 amide bonds. The summed E-state index contributed by atoms with van der Waals surface area (Å²) in [5, 5.41) is 12.6. The Morgan fingerprint density at radius 3 is 2.41 bits per heavy atom. The predicted octanol–water partition coefficient (Wildman–Crippen LogP) is 4.49. The normalized spacial score (nSPS) is 11.4. The van der Waals surface area contributed by atoms with Crippen LogP contribution >= 0.6 is 0 Å². The van der Waals surface area contributed by atoms with E-state index in [4.69, 9.17) is 9.15 Å². The molecule has 152 valence electrons. The molecule has 0 aliphatic rings. The summed E-state index contributed by atoms with van der Waals surface area (Å²) in [7, 11) is 0. The van der Waals surface area contributed by atoms with E-state index in [0.717, 1.165) is 28.0 Å². The first-order chi connectivity index (χ1) is 13.8. The largest absolute Gasteiger partial charge is 0.478 e. The Bertz CT molecular complexity index is 970. The Morgan fingerprint density at radius 1 is 1.14 bits per heavy atom. The van der Waals surface area contributed by atoms with Crippen molar-refractivity contribution in [2.45, 2.75) is 46.4 Å². The molecule has 6 nitrogen and oxygen atoms in total. The van der Waals surface area contributed by atoms with Gasteiger partial charge in [-0.05, 0) is 44.4 Å². The molecule has 2 N–H and O–H groups in total. The van der Waals surface area contributed by atoms with E-state index < -0.39 is 11.6 Å². The van der Waals surface area contributed by atoms with Crippen LogP contribution in [0.25, 0.3) is 11.3 Å². The zero-order valence-corrected chi connectivity index (χ0v) is 17.2. The van der Waals surface area contributed by atoms with Crippen molar-refractivity contribution in [3.8, 4) is 17.1 Å². The minimum atomic E-state index is -1.28. The number of hydrogen-bond acceptors (Lipinski definition) is 5. The molecule has 0 saturated carbocycles. The van der Waals surface area contributed by atoms with E-state index in [0.29, 0.717) is 24.7 Å². The van der Waals surface area contributed by atoms with Crippen LogP contribution in [0.15, 0.2) is 53.1 Å². The molecule has 0 saturated heterocycles. The number of oxazole rings is 1. The molecule has 0 bridgehead atoms. The maximum absolute atomic E-state index is 11.3. The van der Waals surface area contributed by atoms with E-state index in [2.05, 4.69) is 10.3 Å². The Morgan fingerprint density at radius 2 is 1.79 bits per heavy atom. The predicted molar refractivity (Wildman–Crippen MR) is 111 cm³/mol. The van der Waals surface area contributed by atoms with Crippen LogP contribution in [0.5, 0.6) is 5.75 Å². The van der Waals surface area contributed by atoms with E-state index in [1.807, 2.05) is 56.3 Å². The lowest BCUT2D eigenvalue weighted by molar-refractivity contribution is -0.152. The summed E-state index contributed by atoms with van der Waals surface area (Å²) in [5.74, 6) is 0.987. The maximum atomic E-state index is 11.3. The van der Waals surface area contributed by atoms with Gasteiger partial charge in [0.05, 0.1) is 12.7 Å². The Kier molecular flexibility index (Phi) is 6.03. The smallest absolute Gasteiger partial charge is 0.347 e. The van der Waals surface area contributed by atoms with Crippen LogP contribution in [0.2, 0.25) is 0 Å². The molecule has 0 aliphatic heterocycles. The van der Waals surface area contributed by atoms with Gasteiger partial charge in [-0.1, -0.05) is 42.5 Å². The number of carboxylic acids is 1. The zero-order valence-electron chi connectivity index (χ0n) is 17.2. The molecule has 0 atom stereocenters. The number of ether oxygens (including phenoxy) is 1.